The molecule has 0 bridgehead atoms. The number of nitrogens with zero attached hydrogens (tertiary/aromatic N) is 1. The highest BCUT2D eigenvalue weighted by Gasteiger charge is 2.29. The highest BCUT2D eigenvalue weighted by Crippen LogP contribution is 2.35. The van der Waals surface area contributed by atoms with Crippen molar-refractivity contribution in [1.29, 1.82) is 0 Å². The van der Waals surface area contributed by atoms with Gasteiger partial charge in [-0.15, -0.1) is 0 Å². The van der Waals surface area contributed by atoms with Crippen LogP contribution in [0.4, 0.5) is 4.79 Å². The van der Waals surface area contributed by atoms with Crippen LogP contribution in [0.25, 0.3) is 10.9 Å². The monoisotopic (exact) mass is 427 g/mol. The largest absolute Gasteiger partial charge is 0.443 e. The van der Waals surface area contributed by atoms with E-state index >= 15 is 0 Å². The van der Waals surface area contributed by atoms with E-state index in [1.807, 2.05) is 45.9 Å². The fourth-order valence-corrected chi connectivity index (χ4v) is 5.33. The third-order valence-electron chi connectivity index (χ3n) is 4.95. The Bertz CT molecular complexity index is 1120. The predicted molar refractivity (Wildman–Crippen MR) is 119 cm³/mol. The van der Waals surface area contributed by atoms with Crippen molar-refractivity contribution >= 4 is 26.8 Å². The summed E-state index contributed by atoms with van der Waals surface area (Å²) in [4.78, 5) is 12.9. The molecule has 5 nitrogen and oxygen atoms in total. The molecule has 0 unspecified atom stereocenters. The molecule has 30 heavy (non-hydrogen) atoms. The Morgan fingerprint density at radius 3 is 2.40 bits per heavy atom. The number of ether oxygens (including phenoxy) is 1. The fourth-order valence-electron chi connectivity index (χ4n) is 3.48. The number of unbranched alkanes of at least 4 members (excludes halogenated alkanes) is 1. The molecule has 0 fully saturated rings. The number of sulfone groups is 1. The molecule has 0 spiro atoms. The van der Waals surface area contributed by atoms with Gasteiger partial charge in [0.05, 0.1) is 15.7 Å². The number of carbonyl (C=O) groups excluding carboxylic acids is 1. The summed E-state index contributed by atoms with van der Waals surface area (Å²) < 4.78 is 33.8. The van der Waals surface area contributed by atoms with Gasteiger partial charge in [-0.2, -0.15) is 0 Å². The van der Waals surface area contributed by atoms with Gasteiger partial charge in [-0.25, -0.2) is 13.2 Å². The van der Waals surface area contributed by atoms with Crippen LogP contribution in [0.3, 0.4) is 0 Å². The molecule has 0 amide bonds. The van der Waals surface area contributed by atoms with Gasteiger partial charge < -0.3 is 4.74 Å². The summed E-state index contributed by atoms with van der Waals surface area (Å²) >= 11 is 0. The van der Waals surface area contributed by atoms with Crippen molar-refractivity contribution in [2.24, 2.45) is 0 Å². The summed E-state index contributed by atoms with van der Waals surface area (Å²) in [6, 6.07) is 15.9. The number of benzene rings is 2. The molecule has 1 atom stereocenters. The summed E-state index contributed by atoms with van der Waals surface area (Å²) in [7, 11) is -3.57. The Morgan fingerprint density at radius 2 is 1.77 bits per heavy atom. The van der Waals surface area contributed by atoms with Crippen molar-refractivity contribution in [3.63, 3.8) is 0 Å². The van der Waals surface area contributed by atoms with Crippen LogP contribution in [-0.2, 0) is 14.6 Å². The molecule has 0 N–H and O–H groups in total. The Labute approximate surface area is 178 Å². The zero-order chi connectivity index (χ0) is 21.9. The Kier molecular flexibility index (Phi) is 6.36. The maximum Gasteiger partial charge on any atom is 0.418 e. The van der Waals surface area contributed by atoms with Crippen molar-refractivity contribution in [2.75, 3.05) is 0 Å². The first-order valence-electron chi connectivity index (χ1n) is 10.3. The molecule has 0 radical (unpaired) electrons. The van der Waals surface area contributed by atoms with Crippen LogP contribution < -0.4 is 0 Å². The topological polar surface area (TPSA) is 65.4 Å². The Balaban J connectivity index is 2.07. The molecular formula is C24H29NO4S. The number of fused-ring (bicyclic) bond motifs is 1. The van der Waals surface area contributed by atoms with E-state index in [9.17, 15) is 13.2 Å². The lowest BCUT2D eigenvalue weighted by molar-refractivity contribution is 0.0544. The first kappa shape index (κ1) is 22.1. The number of rotatable bonds is 6. The standard InChI is InChI=1S/C24H29NO4S/c1-5-6-12-22(30(27,28)20-10-8-7-9-11-20)19-14-13-18-15-16-25(21(18)17-19)23(26)29-24(2,3)4/h7-11,13-17,22H,5-6,12H2,1-4H3/t22-/m1/s1. The third kappa shape index (κ3) is 4.75. The van der Waals surface area contributed by atoms with E-state index in [0.29, 0.717) is 22.4 Å². The second-order valence-corrected chi connectivity index (χ2v) is 10.6. The molecule has 3 aromatic rings. The van der Waals surface area contributed by atoms with Crippen LogP contribution in [0.1, 0.15) is 57.8 Å². The van der Waals surface area contributed by atoms with Gasteiger partial charge >= 0.3 is 6.09 Å². The number of hydrogen-bond acceptors (Lipinski definition) is 4. The van der Waals surface area contributed by atoms with Crippen LogP contribution >= 0.6 is 0 Å². The maximum absolute atomic E-state index is 13.4. The highest BCUT2D eigenvalue weighted by atomic mass is 32.2. The van der Waals surface area contributed by atoms with Crippen molar-refractivity contribution in [2.45, 2.75) is 62.7 Å². The molecule has 2 aromatic carbocycles. The second-order valence-electron chi connectivity index (χ2n) is 8.47. The van der Waals surface area contributed by atoms with Gasteiger partial charge in [0.25, 0.3) is 0 Å². The van der Waals surface area contributed by atoms with E-state index in [-0.39, 0.29) is 0 Å². The van der Waals surface area contributed by atoms with Crippen molar-refractivity contribution < 1.29 is 17.9 Å². The zero-order valence-electron chi connectivity index (χ0n) is 18.0. The quantitative estimate of drug-likeness (QED) is 0.475. The summed E-state index contributed by atoms with van der Waals surface area (Å²) in [6.45, 7) is 7.49. The highest BCUT2D eigenvalue weighted by molar-refractivity contribution is 7.91. The van der Waals surface area contributed by atoms with Crippen LogP contribution in [0, 0.1) is 0 Å². The Morgan fingerprint density at radius 1 is 1.07 bits per heavy atom. The first-order valence-corrected chi connectivity index (χ1v) is 11.8. The van der Waals surface area contributed by atoms with Gasteiger partial charge in [-0.3, -0.25) is 4.57 Å². The Hall–Kier alpha value is -2.60. The average molecular weight is 428 g/mol. The molecule has 0 saturated heterocycles. The van der Waals surface area contributed by atoms with Gasteiger partial charge in [0, 0.05) is 11.6 Å². The van der Waals surface area contributed by atoms with Crippen LogP contribution in [-0.4, -0.2) is 24.7 Å². The molecule has 0 saturated carbocycles. The molecule has 0 aliphatic carbocycles. The molecule has 160 valence electrons. The lowest BCUT2D eigenvalue weighted by atomic mass is 10.1. The fraction of sp³-hybridized carbons (Fsp3) is 0.375. The normalized spacial score (nSPS) is 13.3. The molecule has 0 aliphatic heterocycles. The van der Waals surface area contributed by atoms with Gasteiger partial charge in [0.15, 0.2) is 9.84 Å². The maximum atomic E-state index is 13.4. The van der Waals surface area contributed by atoms with Gasteiger partial charge in [-0.05, 0) is 57.0 Å². The van der Waals surface area contributed by atoms with Crippen LogP contribution in [0.2, 0.25) is 0 Å². The van der Waals surface area contributed by atoms with E-state index in [2.05, 4.69) is 0 Å². The molecular weight excluding hydrogens is 398 g/mol. The minimum atomic E-state index is -3.57. The summed E-state index contributed by atoms with van der Waals surface area (Å²) in [5, 5.41) is 0.183. The van der Waals surface area contributed by atoms with E-state index in [4.69, 9.17) is 4.74 Å². The van der Waals surface area contributed by atoms with Crippen molar-refractivity contribution in [3.8, 4) is 0 Å². The minimum Gasteiger partial charge on any atom is -0.443 e. The van der Waals surface area contributed by atoms with E-state index in [1.54, 1.807) is 42.6 Å². The van der Waals surface area contributed by atoms with E-state index in [0.717, 1.165) is 18.2 Å². The summed E-state index contributed by atoms with van der Waals surface area (Å²) in [5.74, 6) is 0. The molecule has 0 aliphatic rings. The van der Waals surface area contributed by atoms with Gasteiger partial charge in [0.2, 0.25) is 0 Å². The molecule has 3 rings (SSSR count). The molecule has 1 aromatic heterocycles. The number of carbonyl (C=O) groups is 1. The van der Waals surface area contributed by atoms with E-state index < -0.39 is 26.8 Å². The summed E-state index contributed by atoms with van der Waals surface area (Å²) in [6.07, 6.45) is 3.39. The lowest BCUT2D eigenvalue weighted by Crippen LogP contribution is -2.26. The van der Waals surface area contributed by atoms with Crippen LogP contribution in [0.5, 0.6) is 0 Å². The van der Waals surface area contributed by atoms with E-state index in [1.165, 1.54) is 4.57 Å². The lowest BCUT2D eigenvalue weighted by Gasteiger charge is -2.21. The smallest absolute Gasteiger partial charge is 0.418 e. The minimum absolute atomic E-state index is 0.314. The first-order chi connectivity index (χ1) is 14.1. The van der Waals surface area contributed by atoms with Gasteiger partial charge in [-0.1, -0.05) is 50.1 Å². The SMILES string of the molecule is CCCC[C@H](c1ccc2ccn(C(=O)OC(C)(C)C)c2c1)S(=O)(=O)c1ccccc1. The number of hydrogen-bond donors (Lipinski definition) is 0. The third-order valence-corrected chi connectivity index (χ3v) is 7.13. The summed E-state index contributed by atoms with van der Waals surface area (Å²) in [5.41, 5.74) is 0.709. The number of aromatic nitrogens is 1. The zero-order valence-corrected chi connectivity index (χ0v) is 18.8. The average Bonchev–Trinajstić information content (AvgIpc) is 3.11. The van der Waals surface area contributed by atoms with Crippen molar-refractivity contribution in [3.05, 3.63) is 66.4 Å². The van der Waals surface area contributed by atoms with Gasteiger partial charge in [0.1, 0.15) is 5.60 Å². The molecule has 6 heteroatoms. The van der Waals surface area contributed by atoms with Crippen molar-refractivity contribution in [1.82, 2.24) is 4.57 Å². The second kappa shape index (κ2) is 8.64. The predicted octanol–water partition coefficient (Wildman–Crippen LogP) is 6.13. The molecule has 1 heterocycles. The van der Waals surface area contributed by atoms with Crippen LogP contribution in [0.15, 0.2) is 65.7 Å².